The molecule has 21 heavy (non-hydrogen) atoms. The van der Waals surface area contributed by atoms with E-state index >= 15 is 0 Å². The van der Waals surface area contributed by atoms with Crippen molar-refractivity contribution in [2.45, 2.75) is 25.9 Å². The van der Waals surface area contributed by atoms with Crippen LogP contribution >= 0.6 is 11.6 Å². The fourth-order valence-electron chi connectivity index (χ4n) is 3.04. The van der Waals surface area contributed by atoms with Crippen molar-refractivity contribution in [3.05, 3.63) is 52.8 Å². The van der Waals surface area contributed by atoms with Crippen LogP contribution in [0.4, 0.5) is 4.39 Å². The molecule has 1 unspecified atom stereocenters. The number of aryl methyl sites for hydroxylation is 1. The maximum atomic E-state index is 13.8. The van der Waals surface area contributed by atoms with Crippen molar-refractivity contribution in [1.29, 1.82) is 0 Å². The maximum absolute atomic E-state index is 13.8. The number of benzene rings is 1. The van der Waals surface area contributed by atoms with E-state index < -0.39 is 0 Å². The van der Waals surface area contributed by atoms with E-state index in [2.05, 4.69) is 14.5 Å². The Balaban J connectivity index is 1.61. The van der Waals surface area contributed by atoms with Crippen LogP contribution in [0.25, 0.3) is 0 Å². The van der Waals surface area contributed by atoms with E-state index in [1.807, 2.05) is 19.4 Å². The van der Waals surface area contributed by atoms with Crippen LogP contribution < -0.4 is 0 Å². The molecule has 0 spiro atoms. The smallest absolute Gasteiger partial charge is 0.129 e. The van der Waals surface area contributed by atoms with Crippen molar-refractivity contribution >= 4 is 11.6 Å². The van der Waals surface area contributed by atoms with Gasteiger partial charge in [-0.15, -0.1) is 0 Å². The van der Waals surface area contributed by atoms with Crippen molar-refractivity contribution < 1.29 is 4.39 Å². The lowest BCUT2D eigenvalue weighted by molar-refractivity contribution is 0.227. The summed E-state index contributed by atoms with van der Waals surface area (Å²) in [5.41, 5.74) is 0.584. The summed E-state index contributed by atoms with van der Waals surface area (Å²) in [7, 11) is 2.02. The number of aromatic nitrogens is 2. The molecular weight excluding hydrogens is 289 g/mol. The molecule has 2 heterocycles. The summed E-state index contributed by atoms with van der Waals surface area (Å²) >= 11 is 6.09. The van der Waals surface area contributed by atoms with Crippen LogP contribution in [0.2, 0.25) is 5.02 Å². The number of nitrogens with zero attached hydrogens (tertiary/aromatic N) is 3. The van der Waals surface area contributed by atoms with Gasteiger partial charge in [0.05, 0.1) is 0 Å². The predicted molar refractivity (Wildman–Crippen MR) is 81.8 cm³/mol. The van der Waals surface area contributed by atoms with Crippen molar-refractivity contribution in [1.82, 2.24) is 14.5 Å². The van der Waals surface area contributed by atoms with Crippen molar-refractivity contribution in [2.24, 2.45) is 5.92 Å². The van der Waals surface area contributed by atoms with Crippen LogP contribution in [0.3, 0.4) is 0 Å². The van der Waals surface area contributed by atoms with Gasteiger partial charge in [-0.2, -0.15) is 0 Å². The van der Waals surface area contributed by atoms with Gasteiger partial charge >= 0.3 is 0 Å². The quantitative estimate of drug-likeness (QED) is 0.863. The number of fused-ring (bicyclic) bond motifs is 1. The Morgan fingerprint density at radius 3 is 3.14 bits per heavy atom. The van der Waals surface area contributed by atoms with E-state index in [9.17, 15) is 4.39 Å². The summed E-state index contributed by atoms with van der Waals surface area (Å²) in [5, 5.41) is 0.502. The average Bonchev–Trinajstić information content (AvgIpc) is 2.90. The summed E-state index contributed by atoms with van der Waals surface area (Å²) in [6, 6.07) is 4.85. The van der Waals surface area contributed by atoms with Gasteiger partial charge in [0, 0.05) is 49.0 Å². The van der Waals surface area contributed by atoms with Crippen LogP contribution in [-0.4, -0.2) is 28.0 Å². The van der Waals surface area contributed by atoms with Crippen molar-refractivity contribution in [2.75, 3.05) is 13.6 Å². The third-order valence-electron chi connectivity index (χ3n) is 4.09. The van der Waals surface area contributed by atoms with Gasteiger partial charge in [-0.25, -0.2) is 9.37 Å². The first kappa shape index (κ1) is 14.5. The first-order chi connectivity index (χ1) is 10.1. The second kappa shape index (κ2) is 6.16. The van der Waals surface area contributed by atoms with E-state index in [-0.39, 0.29) is 5.82 Å². The third-order valence-corrected chi connectivity index (χ3v) is 4.45. The Morgan fingerprint density at radius 2 is 2.33 bits per heavy atom. The van der Waals surface area contributed by atoms with Gasteiger partial charge in [0.15, 0.2) is 0 Å². The van der Waals surface area contributed by atoms with Gasteiger partial charge in [0.25, 0.3) is 0 Å². The van der Waals surface area contributed by atoms with Gasteiger partial charge in [-0.3, -0.25) is 0 Å². The van der Waals surface area contributed by atoms with Crippen molar-refractivity contribution in [3.63, 3.8) is 0 Å². The zero-order chi connectivity index (χ0) is 14.8. The predicted octanol–water partition coefficient (Wildman–Crippen LogP) is 3.37. The molecule has 0 amide bonds. The molecule has 0 saturated heterocycles. The van der Waals surface area contributed by atoms with Crippen molar-refractivity contribution in [3.8, 4) is 0 Å². The van der Waals surface area contributed by atoms with Gasteiger partial charge in [-0.1, -0.05) is 17.7 Å². The molecule has 2 aromatic rings. The molecule has 1 aliphatic heterocycles. The molecule has 1 aromatic heterocycles. The lowest BCUT2D eigenvalue weighted by Gasteiger charge is -2.28. The molecular formula is C16H19ClFN3. The van der Waals surface area contributed by atoms with Crippen LogP contribution in [0, 0.1) is 11.7 Å². The zero-order valence-corrected chi connectivity index (χ0v) is 12.9. The minimum absolute atomic E-state index is 0.227. The summed E-state index contributed by atoms with van der Waals surface area (Å²) in [6.45, 7) is 2.46. The lowest BCUT2D eigenvalue weighted by atomic mass is 9.98. The Hall–Kier alpha value is -1.39. The molecule has 0 N–H and O–H groups in total. The first-order valence-electron chi connectivity index (χ1n) is 7.25. The number of hydrogen-bond acceptors (Lipinski definition) is 2. The standard InChI is InChI=1S/C16H19ClFN3/c1-20(11-13-14(17)3-2-4-15(13)18)9-12-5-6-16-19-7-8-21(16)10-12/h2-4,7-8,12H,5-6,9-11H2,1H3. The zero-order valence-electron chi connectivity index (χ0n) is 12.1. The lowest BCUT2D eigenvalue weighted by Crippen LogP contribution is -2.31. The Morgan fingerprint density at radius 1 is 1.48 bits per heavy atom. The SMILES string of the molecule is CN(Cc1c(F)cccc1Cl)CC1CCc2nccn2C1. The average molecular weight is 308 g/mol. The minimum Gasteiger partial charge on any atom is -0.335 e. The summed E-state index contributed by atoms with van der Waals surface area (Å²) in [6.07, 6.45) is 6.05. The second-order valence-corrected chi connectivity index (χ2v) is 6.20. The number of halogens is 2. The van der Waals surface area contributed by atoms with Gasteiger partial charge in [-0.05, 0) is 31.5 Å². The Bertz CT molecular complexity index is 605. The molecule has 0 bridgehead atoms. The maximum Gasteiger partial charge on any atom is 0.129 e. The Labute approximate surface area is 129 Å². The van der Waals surface area contributed by atoms with E-state index in [0.717, 1.165) is 25.9 Å². The highest BCUT2D eigenvalue weighted by Crippen LogP contribution is 2.23. The molecule has 3 rings (SSSR count). The van der Waals surface area contributed by atoms with Crippen LogP contribution in [0.15, 0.2) is 30.6 Å². The highest BCUT2D eigenvalue weighted by Gasteiger charge is 2.20. The summed E-state index contributed by atoms with van der Waals surface area (Å²) in [4.78, 5) is 6.49. The third kappa shape index (κ3) is 3.27. The minimum atomic E-state index is -0.227. The largest absolute Gasteiger partial charge is 0.335 e. The van der Waals surface area contributed by atoms with Crippen LogP contribution in [0.1, 0.15) is 17.8 Å². The fraction of sp³-hybridized carbons (Fsp3) is 0.438. The van der Waals surface area contributed by atoms with Crippen LogP contribution in [0.5, 0.6) is 0 Å². The molecule has 112 valence electrons. The van der Waals surface area contributed by atoms with E-state index in [1.165, 1.54) is 11.9 Å². The fourth-order valence-corrected chi connectivity index (χ4v) is 3.27. The molecule has 1 aromatic carbocycles. The molecule has 5 heteroatoms. The Kier molecular flexibility index (Phi) is 4.27. The van der Waals surface area contributed by atoms with Gasteiger partial charge in [0.2, 0.25) is 0 Å². The van der Waals surface area contributed by atoms with E-state index in [0.29, 0.717) is 23.0 Å². The molecule has 0 fully saturated rings. The topological polar surface area (TPSA) is 21.1 Å². The molecule has 1 atom stereocenters. The summed E-state index contributed by atoms with van der Waals surface area (Å²) in [5.74, 6) is 1.52. The monoisotopic (exact) mass is 307 g/mol. The summed E-state index contributed by atoms with van der Waals surface area (Å²) < 4.78 is 16.0. The number of rotatable bonds is 4. The van der Waals surface area contributed by atoms with Gasteiger partial charge in [0.1, 0.15) is 11.6 Å². The first-order valence-corrected chi connectivity index (χ1v) is 7.62. The normalized spacial score (nSPS) is 18.0. The number of hydrogen-bond donors (Lipinski definition) is 0. The highest BCUT2D eigenvalue weighted by molar-refractivity contribution is 6.31. The van der Waals surface area contributed by atoms with E-state index in [4.69, 9.17) is 11.6 Å². The molecule has 0 saturated carbocycles. The van der Waals surface area contributed by atoms with Gasteiger partial charge < -0.3 is 9.47 Å². The molecule has 1 aliphatic rings. The second-order valence-electron chi connectivity index (χ2n) is 5.80. The van der Waals surface area contributed by atoms with Crippen LogP contribution in [-0.2, 0) is 19.5 Å². The molecule has 0 aliphatic carbocycles. The van der Waals surface area contributed by atoms with E-state index in [1.54, 1.807) is 12.1 Å². The number of imidazole rings is 1. The molecule has 0 radical (unpaired) electrons. The molecule has 3 nitrogen and oxygen atoms in total. The highest BCUT2D eigenvalue weighted by atomic mass is 35.5.